The lowest BCUT2D eigenvalue weighted by Crippen LogP contribution is -2.47. The van der Waals surface area contributed by atoms with Crippen molar-refractivity contribution >= 4 is 0 Å². The van der Waals surface area contributed by atoms with Gasteiger partial charge in [-0.1, -0.05) is 25.1 Å². The highest BCUT2D eigenvalue weighted by molar-refractivity contribution is 5.33. The minimum atomic E-state index is -4.40. The number of nitrogens with two attached hydrogens (primary N) is 1. The van der Waals surface area contributed by atoms with Gasteiger partial charge in [0.1, 0.15) is 0 Å². The molecule has 0 radical (unpaired) electrons. The van der Waals surface area contributed by atoms with E-state index in [2.05, 4.69) is 11.8 Å². The van der Waals surface area contributed by atoms with Gasteiger partial charge in [0, 0.05) is 13.1 Å². The number of ether oxygens (including phenoxy) is 1. The molecule has 3 nitrogen and oxygen atoms in total. The van der Waals surface area contributed by atoms with Crippen molar-refractivity contribution in [3.63, 3.8) is 0 Å². The van der Waals surface area contributed by atoms with Crippen LogP contribution in [0.2, 0.25) is 0 Å². The van der Waals surface area contributed by atoms with Crippen molar-refractivity contribution in [3.05, 3.63) is 35.4 Å². The topological polar surface area (TPSA) is 38.5 Å². The highest BCUT2D eigenvalue weighted by atomic mass is 19.4. The third kappa shape index (κ3) is 3.96. The monoisotopic (exact) mass is 302 g/mol. The Morgan fingerprint density at radius 3 is 2.76 bits per heavy atom. The summed E-state index contributed by atoms with van der Waals surface area (Å²) in [6, 6.07) is 4.70. The third-order valence-corrected chi connectivity index (χ3v) is 3.74. The summed E-state index contributed by atoms with van der Waals surface area (Å²) in [6.45, 7) is 4.86. The molecule has 1 heterocycles. The molecule has 1 aliphatic rings. The van der Waals surface area contributed by atoms with Gasteiger partial charge in [-0.2, -0.15) is 13.2 Å². The standard InChI is InChI=1S/C15H21F3N2O/c1-2-7-20-8-9-21-13(10-20)14(19)11-5-3-4-6-12(11)15(16,17)18/h3-6,13-14H,2,7-10,19H2,1H3. The Morgan fingerprint density at radius 1 is 1.38 bits per heavy atom. The maximum Gasteiger partial charge on any atom is 0.416 e. The van der Waals surface area contributed by atoms with Crippen LogP contribution in [0.4, 0.5) is 13.2 Å². The van der Waals surface area contributed by atoms with Crippen molar-refractivity contribution in [2.45, 2.75) is 31.7 Å². The maximum atomic E-state index is 13.1. The summed E-state index contributed by atoms with van der Waals surface area (Å²) in [6.07, 6.45) is -3.80. The Morgan fingerprint density at radius 2 is 2.10 bits per heavy atom. The quantitative estimate of drug-likeness (QED) is 0.929. The molecule has 6 heteroatoms. The van der Waals surface area contributed by atoms with Crippen molar-refractivity contribution in [2.75, 3.05) is 26.2 Å². The summed E-state index contributed by atoms with van der Waals surface area (Å²) in [4.78, 5) is 2.18. The van der Waals surface area contributed by atoms with Crippen LogP contribution < -0.4 is 5.73 Å². The van der Waals surface area contributed by atoms with Crippen LogP contribution in [0, 0.1) is 0 Å². The molecule has 1 fully saturated rings. The zero-order chi connectivity index (χ0) is 15.5. The number of hydrogen-bond acceptors (Lipinski definition) is 3. The van der Waals surface area contributed by atoms with E-state index in [1.54, 1.807) is 6.07 Å². The predicted molar refractivity (Wildman–Crippen MR) is 74.8 cm³/mol. The lowest BCUT2D eigenvalue weighted by Gasteiger charge is -2.36. The smallest absolute Gasteiger partial charge is 0.374 e. The van der Waals surface area contributed by atoms with Gasteiger partial charge >= 0.3 is 6.18 Å². The minimum absolute atomic E-state index is 0.105. The maximum absolute atomic E-state index is 13.1. The highest BCUT2D eigenvalue weighted by Gasteiger charge is 2.37. The number of alkyl halides is 3. The summed E-state index contributed by atoms with van der Waals surface area (Å²) in [5.74, 6) is 0. The van der Waals surface area contributed by atoms with Crippen molar-refractivity contribution in [2.24, 2.45) is 5.73 Å². The van der Waals surface area contributed by atoms with Crippen LogP contribution >= 0.6 is 0 Å². The van der Waals surface area contributed by atoms with Crippen LogP contribution in [-0.4, -0.2) is 37.2 Å². The van der Waals surface area contributed by atoms with E-state index in [0.29, 0.717) is 13.2 Å². The first-order chi connectivity index (χ1) is 9.93. The van der Waals surface area contributed by atoms with Crippen LogP contribution in [0.25, 0.3) is 0 Å². The molecule has 2 rings (SSSR count). The Bertz CT molecular complexity index is 462. The molecule has 0 aromatic heterocycles. The number of morpholine rings is 1. The summed E-state index contributed by atoms with van der Waals surface area (Å²) >= 11 is 0. The van der Waals surface area contributed by atoms with E-state index in [9.17, 15) is 13.2 Å². The number of nitrogens with zero attached hydrogens (tertiary/aromatic N) is 1. The molecule has 2 N–H and O–H groups in total. The second-order valence-electron chi connectivity index (χ2n) is 5.32. The van der Waals surface area contributed by atoms with Crippen molar-refractivity contribution < 1.29 is 17.9 Å². The summed E-state index contributed by atoms with van der Waals surface area (Å²) < 4.78 is 44.8. The summed E-state index contributed by atoms with van der Waals surface area (Å²) in [7, 11) is 0. The van der Waals surface area contributed by atoms with E-state index >= 15 is 0 Å². The predicted octanol–water partition coefficient (Wildman–Crippen LogP) is 2.82. The van der Waals surface area contributed by atoms with E-state index in [4.69, 9.17) is 10.5 Å². The number of hydrogen-bond donors (Lipinski definition) is 1. The molecule has 1 aromatic carbocycles. The highest BCUT2D eigenvalue weighted by Crippen LogP contribution is 2.35. The van der Waals surface area contributed by atoms with Gasteiger partial charge in [0.05, 0.1) is 24.3 Å². The fraction of sp³-hybridized carbons (Fsp3) is 0.600. The third-order valence-electron chi connectivity index (χ3n) is 3.74. The van der Waals surface area contributed by atoms with Gasteiger partial charge in [-0.25, -0.2) is 0 Å². The molecule has 1 aromatic rings. The van der Waals surface area contributed by atoms with E-state index < -0.39 is 23.9 Å². The summed E-state index contributed by atoms with van der Waals surface area (Å²) in [5.41, 5.74) is 5.51. The van der Waals surface area contributed by atoms with Crippen LogP contribution in [0.1, 0.15) is 30.5 Å². The van der Waals surface area contributed by atoms with E-state index in [1.807, 2.05) is 0 Å². The second kappa shape index (κ2) is 6.77. The Hall–Kier alpha value is -1.11. The van der Waals surface area contributed by atoms with Gasteiger partial charge in [0.25, 0.3) is 0 Å². The first kappa shape index (κ1) is 16.3. The number of halogens is 3. The van der Waals surface area contributed by atoms with Crippen molar-refractivity contribution in [1.29, 1.82) is 0 Å². The molecule has 0 bridgehead atoms. The molecule has 118 valence electrons. The minimum Gasteiger partial charge on any atom is -0.374 e. The van der Waals surface area contributed by atoms with Crippen LogP contribution in [0.5, 0.6) is 0 Å². The molecular formula is C15H21F3N2O. The molecule has 21 heavy (non-hydrogen) atoms. The Kier molecular flexibility index (Phi) is 5.24. The van der Waals surface area contributed by atoms with Crippen LogP contribution in [0.3, 0.4) is 0 Å². The lowest BCUT2D eigenvalue weighted by atomic mass is 9.95. The Balaban J connectivity index is 2.18. The van der Waals surface area contributed by atoms with Crippen LogP contribution in [0.15, 0.2) is 24.3 Å². The molecule has 2 unspecified atom stereocenters. The average molecular weight is 302 g/mol. The fourth-order valence-electron chi connectivity index (χ4n) is 2.71. The molecular weight excluding hydrogens is 281 g/mol. The molecule has 1 saturated heterocycles. The van der Waals surface area contributed by atoms with Gasteiger partial charge in [-0.15, -0.1) is 0 Å². The normalized spacial score (nSPS) is 22.2. The zero-order valence-electron chi connectivity index (χ0n) is 12.1. The second-order valence-corrected chi connectivity index (χ2v) is 5.32. The SMILES string of the molecule is CCCN1CCOC(C(N)c2ccccc2C(F)(F)F)C1. The van der Waals surface area contributed by atoms with Crippen molar-refractivity contribution in [3.8, 4) is 0 Å². The van der Waals surface area contributed by atoms with Crippen molar-refractivity contribution in [1.82, 2.24) is 4.90 Å². The molecule has 0 spiro atoms. The number of benzene rings is 1. The number of rotatable bonds is 4. The van der Waals surface area contributed by atoms with Gasteiger partial charge in [-0.3, -0.25) is 4.90 Å². The van der Waals surface area contributed by atoms with E-state index in [1.165, 1.54) is 12.1 Å². The molecule has 0 aliphatic carbocycles. The average Bonchev–Trinajstić information content (AvgIpc) is 2.46. The zero-order valence-corrected chi connectivity index (χ0v) is 12.1. The van der Waals surface area contributed by atoms with E-state index in [-0.39, 0.29) is 5.56 Å². The van der Waals surface area contributed by atoms with Crippen LogP contribution in [-0.2, 0) is 10.9 Å². The molecule has 0 amide bonds. The first-order valence-corrected chi connectivity index (χ1v) is 7.19. The molecule has 2 atom stereocenters. The largest absolute Gasteiger partial charge is 0.416 e. The van der Waals surface area contributed by atoms with Gasteiger partial charge in [0.15, 0.2) is 0 Å². The Labute approximate surface area is 122 Å². The molecule has 0 saturated carbocycles. The fourth-order valence-corrected chi connectivity index (χ4v) is 2.71. The van der Waals surface area contributed by atoms with Gasteiger partial charge < -0.3 is 10.5 Å². The molecule has 1 aliphatic heterocycles. The summed E-state index contributed by atoms with van der Waals surface area (Å²) in [5, 5.41) is 0. The lowest BCUT2D eigenvalue weighted by molar-refractivity contribution is -0.139. The first-order valence-electron chi connectivity index (χ1n) is 7.19. The van der Waals surface area contributed by atoms with Gasteiger partial charge in [-0.05, 0) is 24.6 Å². The van der Waals surface area contributed by atoms with E-state index in [0.717, 1.165) is 25.6 Å². The van der Waals surface area contributed by atoms with Gasteiger partial charge in [0.2, 0.25) is 0 Å².